The van der Waals surface area contributed by atoms with E-state index in [0.717, 1.165) is 25.5 Å². The standard InChI is InChI=1S/C15H22O2/c1-10(2)12-4-5-15(8-12)11(3)6-14(17)7-13(15)9-16/h9,11-13H,1,4-8H2,2-3H3. The molecule has 1 spiro atoms. The Labute approximate surface area is 103 Å². The number of carbonyl (C=O) groups excluding carboxylic acids is 2. The normalized spacial score (nSPS) is 41.8. The van der Waals surface area contributed by atoms with Crippen molar-refractivity contribution in [3.63, 3.8) is 0 Å². The Hall–Kier alpha value is -0.920. The van der Waals surface area contributed by atoms with Crippen LogP contribution in [-0.2, 0) is 9.59 Å². The zero-order valence-corrected chi connectivity index (χ0v) is 10.9. The molecule has 0 bridgehead atoms. The summed E-state index contributed by atoms with van der Waals surface area (Å²) in [6.45, 7) is 8.28. The number of ketones is 1. The molecule has 0 aromatic rings. The monoisotopic (exact) mass is 234 g/mol. The van der Waals surface area contributed by atoms with Crippen molar-refractivity contribution in [2.24, 2.45) is 23.2 Å². The maximum Gasteiger partial charge on any atom is 0.133 e. The quantitative estimate of drug-likeness (QED) is 0.543. The Morgan fingerprint density at radius 2 is 2.18 bits per heavy atom. The molecule has 0 heterocycles. The zero-order valence-electron chi connectivity index (χ0n) is 10.9. The predicted molar refractivity (Wildman–Crippen MR) is 67.5 cm³/mol. The maximum atomic E-state index is 11.6. The highest BCUT2D eigenvalue weighted by atomic mass is 16.1. The first-order valence-corrected chi connectivity index (χ1v) is 6.62. The van der Waals surface area contributed by atoms with Crippen LogP contribution in [0.2, 0.25) is 0 Å². The van der Waals surface area contributed by atoms with Crippen LogP contribution in [0.1, 0.15) is 46.0 Å². The van der Waals surface area contributed by atoms with Gasteiger partial charge in [0.2, 0.25) is 0 Å². The summed E-state index contributed by atoms with van der Waals surface area (Å²) in [5.74, 6) is 1.11. The van der Waals surface area contributed by atoms with E-state index in [-0.39, 0.29) is 17.1 Å². The second-order valence-electron chi connectivity index (χ2n) is 6.11. The van der Waals surface area contributed by atoms with Gasteiger partial charge in [-0.05, 0) is 43.4 Å². The SMILES string of the molecule is C=C(C)C1CCC2(C1)C(C)CC(=O)CC2C=O. The molecule has 2 nitrogen and oxygen atoms in total. The van der Waals surface area contributed by atoms with E-state index in [4.69, 9.17) is 0 Å². The fourth-order valence-electron chi connectivity index (χ4n) is 3.94. The lowest BCUT2D eigenvalue weighted by molar-refractivity contribution is -0.134. The van der Waals surface area contributed by atoms with Gasteiger partial charge in [-0.15, -0.1) is 0 Å². The van der Waals surface area contributed by atoms with Gasteiger partial charge >= 0.3 is 0 Å². The third-order valence-corrected chi connectivity index (χ3v) is 5.15. The van der Waals surface area contributed by atoms with E-state index in [0.29, 0.717) is 24.7 Å². The lowest BCUT2D eigenvalue weighted by Gasteiger charge is -2.43. The van der Waals surface area contributed by atoms with Crippen molar-refractivity contribution in [1.82, 2.24) is 0 Å². The molecule has 17 heavy (non-hydrogen) atoms. The first-order valence-electron chi connectivity index (χ1n) is 6.62. The van der Waals surface area contributed by atoms with Gasteiger partial charge in [0.15, 0.2) is 0 Å². The van der Waals surface area contributed by atoms with Crippen LogP contribution in [0.25, 0.3) is 0 Å². The molecule has 4 unspecified atom stereocenters. The van der Waals surface area contributed by atoms with Gasteiger partial charge in [-0.3, -0.25) is 4.79 Å². The Morgan fingerprint density at radius 1 is 1.47 bits per heavy atom. The minimum Gasteiger partial charge on any atom is -0.303 e. The van der Waals surface area contributed by atoms with E-state index >= 15 is 0 Å². The smallest absolute Gasteiger partial charge is 0.133 e. The lowest BCUT2D eigenvalue weighted by atomic mass is 9.59. The molecule has 2 saturated carbocycles. The highest BCUT2D eigenvalue weighted by Crippen LogP contribution is 2.57. The molecule has 94 valence electrons. The van der Waals surface area contributed by atoms with E-state index in [9.17, 15) is 9.59 Å². The largest absolute Gasteiger partial charge is 0.303 e. The van der Waals surface area contributed by atoms with E-state index in [1.807, 2.05) is 0 Å². The summed E-state index contributed by atoms with van der Waals surface area (Å²) in [5, 5.41) is 0. The number of hydrogen-bond acceptors (Lipinski definition) is 2. The van der Waals surface area contributed by atoms with E-state index in [1.54, 1.807) is 0 Å². The molecule has 2 aliphatic rings. The fourth-order valence-corrected chi connectivity index (χ4v) is 3.94. The van der Waals surface area contributed by atoms with E-state index < -0.39 is 0 Å². The second kappa shape index (κ2) is 4.40. The molecular formula is C15H22O2. The molecule has 0 N–H and O–H groups in total. The average molecular weight is 234 g/mol. The summed E-state index contributed by atoms with van der Waals surface area (Å²) in [5.41, 5.74) is 1.31. The summed E-state index contributed by atoms with van der Waals surface area (Å²) in [6, 6.07) is 0. The van der Waals surface area contributed by atoms with Gasteiger partial charge in [-0.2, -0.15) is 0 Å². The second-order valence-corrected chi connectivity index (χ2v) is 6.11. The molecule has 4 atom stereocenters. The van der Waals surface area contributed by atoms with Crippen molar-refractivity contribution in [2.45, 2.75) is 46.0 Å². The third kappa shape index (κ3) is 1.98. The Kier molecular flexibility index (Phi) is 3.24. The highest BCUT2D eigenvalue weighted by Gasteiger charge is 2.51. The molecule has 0 aromatic heterocycles. The molecular weight excluding hydrogens is 212 g/mol. The van der Waals surface area contributed by atoms with Gasteiger partial charge in [0.05, 0.1) is 0 Å². The summed E-state index contributed by atoms with van der Waals surface area (Å²) < 4.78 is 0. The van der Waals surface area contributed by atoms with Crippen molar-refractivity contribution in [3.05, 3.63) is 12.2 Å². The number of Topliss-reactive ketones (excluding diaryl/α,β-unsaturated/α-hetero) is 1. The molecule has 2 aliphatic carbocycles. The Morgan fingerprint density at radius 3 is 2.71 bits per heavy atom. The average Bonchev–Trinajstić information content (AvgIpc) is 2.70. The maximum absolute atomic E-state index is 11.6. The van der Waals surface area contributed by atoms with Crippen molar-refractivity contribution in [3.8, 4) is 0 Å². The number of hydrogen-bond donors (Lipinski definition) is 0. The molecule has 2 heteroatoms. The van der Waals surface area contributed by atoms with Crippen LogP contribution in [0.15, 0.2) is 12.2 Å². The van der Waals surface area contributed by atoms with Gasteiger partial charge in [0.25, 0.3) is 0 Å². The van der Waals surface area contributed by atoms with Crippen LogP contribution >= 0.6 is 0 Å². The van der Waals surface area contributed by atoms with E-state index in [2.05, 4.69) is 20.4 Å². The topological polar surface area (TPSA) is 34.1 Å². The van der Waals surface area contributed by atoms with Crippen LogP contribution < -0.4 is 0 Å². The first kappa shape index (κ1) is 12.5. The lowest BCUT2D eigenvalue weighted by Crippen LogP contribution is -2.42. The first-order chi connectivity index (χ1) is 7.99. The minimum absolute atomic E-state index is 0.0527. The fraction of sp³-hybridized carbons (Fsp3) is 0.733. The van der Waals surface area contributed by atoms with Crippen LogP contribution in [0, 0.1) is 23.2 Å². The molecule has 0 amide bonds. The molecule has 2 rings (SSSR count). The molecule has 0 radical (unpaired) electrons. The molecule has 0 saturated heterocycles. The molecule has 0 aliphatic heterocycles. The number of aldehydes is 1. The zero-order chi connectivity index (χ0) is 12.6. The Bertz CT molecular complexity index is 358. The molecule has 0 aromatic carbocycles. The van der Waals surface area contributed by atoms with Crippen LogP contribution in [0.5, 0.6) is 0 Å². The van der Waals surface area contributed by atoms with Crippen molar-refractivity contribution >= 4 is 12.1 Å². The molecule has 2 fully saturated rings. The van der Waals surface area contributed by atoms with Crippen LogP contribution in [0.3, 0.4) is 0 Å². The van der Waals surface area contributed by atoms with Gasteiger partial charge in [-0.25, -0.2) is 0 Å². The summed E-state index contributed by atoms with van der Waals surface area (Å²) in [4.78, 5) is 22.9. The van der Waals surface area contributed by atoms with Crippen LogP contribution in [0.4, 0.5) is 0 Å². The highest BCUT2D eigenvalue weighted by molar-refractivity contribution is 5.83. The number of allylic oxidation sites excluding steroid dienone is 1. The summed E-state index contributed by atoms with van der Waals surface area (Å²) in [7, 11) is 0. The van der Waals surface area contributed by atoms with E-state index in [1.165, 1.54) is 5.57 Å². The Balaban J connectivity index is 2.25. The summed E-state index contributed by atoms with van der Waals surface area (Å²) in [6.07, 6.45) is 5.44. The van der Waals surface area contributed by atoms with Gasteiger partial charge in [-0.1, -0.05) is 19.1 Å². The van der Waals surface area contributed by atoms with Crippen molar-refractivity contribution < 1.29 is 9.59 Å². The third-order valence-electron chi connectivity index (χ3n) is 5.15. The van der Waals surface area contributed by atoms with Gasteiger partial charge in [0, 0.05) is 18.8 Å². The number of carbonyl (C=O) groups is 2. The van der Waals surface area contributed by atoms with Gasteiger partial charge in [0.1, 0.15) is 12.1 Å². The van der Waals surface area contributed by atoms with Crippen LogP contribution in [-0.4, -0.2) is 12.1 Å². The summed E-state index contributed by atoms with van der Waals surface area (Å²) >= 11 is 0. The van der Waals surface area contributed by atoms with Crippen molar-refractivity contribution in [1.29, 1.82) is 0 Å². The van der Waals surface area contributed by atoms with Gasteiger partial charge < -0.3 is 4.79 Å². The minimum atomic E-state index is -0.0527. The van der Waals surface area contributed by atoms with Crippen molar-refractivity contribution in [2.75, 3.05) is 0 Å². The number of rotatable bonds is 2. The predicted octanol–water partition coefficient (Wildman–Crippen LogP) is 3.16.